The third kappa shape index (κ3) is 4.20. The van der Waals surface area contributed by atoms with E-state index < -0.39 is 10.0 Å². The minimum Gasteiger partial charge on any atom is -0.495 e. The second kappa shape index (κ2) is 7.15. The average molecular weight is 380 g/mol. The summed E-state index contributed by atoms with van der Waals surface area (Å²) in [5.41, 5.74) is 0.331. The van der Waals surface area contributed by atoms with E-state index in [-0.39, 0.29) is 16.8 Å². The summed E-state index contributed by atoms with van der Waals surface area (Å²) in [6, 6.07) is 8.10. The zero-order chi connectivity index (χ0) is 18.0. The predicted molar refractivity (Wildman–Crippen MR) is 97.4 cm³/mol. The van der Waals surface area contributed by atoms with Gasteiger partial charge in [-0.2, -0.15) is 0 Å². The van der Waals surface area contributed by atoms with Crippen molar-refractivity contribution in [2.75, 3.05) is 12.4 Å². The number of ether oxygens (including phenoxy) is 1. The maximum absolute atomic E-state index is 12.8. The third-order valence-corrected chi connectivity index (χ3v) is 6.41. The number of carbonyl (C=O) groups is 1. The minimum absolute atomic E-state index is 0.0965. The van der Waals surface area contributed by atoms with Crippen molar-refractivity contribution in [1.82, 2.24) is 4.72 Å². The quantitative estimate of drug-likeness (QED) is 0.773. The molecule has 1 aromatic carbocycles. The van der Waals surface area contributed by atoms with Crippen LogP contribution in [0.25, 0.3) is 0 Å². The molecule has 1 atom stereocenters. The molecule has 3 rings (SSSR count). The molecule has 1 fully saturated rings. The minimum atomic E-state index is -3.72. The van der Waals surface area contributed by atoms with Crippen molar-refractivity contribution in [3.63, 3.8) is 0 Å². The molecule has 25 heavy (non-hydrogen) atoms. The van der Waals surface area contributed by atoms with Gasteiger partial charge in [-0.1, -0.05) is 6.07 Å². The van der Waals surface area contributed by atoms with Crippen molar-refractivity contribution >= 4 is 33.0 Å². The Kier molecular flexibility index (Phi) is 5.12. The van der Waals surface area contributed by atoms with Crippen molar-refractivity contribution in [1.29, 1.82) is 0 Å². The van der Waals surface area contributed by atoms with Crippen molar-refractivity contribution < 1.29 is 17.9 Å². The lowest BCUT2D eigenvalue weighted by molar-refractivity contribution is -0.114. The Morgan fingerprint density at radius 3 is 2.64 bits per heavy atom. The third-order valence-electron chi connectivity index (χ3n) is 4.02. The van der Waals surface area contributed by atoms with E-state index in [1.165, 1.54) is 32.2 Å². The van der Waals surface area contributed by atoms with Crippen molar-refractivity contribution in [2.45, 2.75) is 30.7 Å². The molecule has 0 spiro atoms. The SMILES string of the molecule is COc1ccc(S(=O)(=O)N[C@H](c2cccs2)C2CC2)cc1NC(C)=O. The molecule has 1 aromatic heterocycles. The second-order valence-electron chi connectivity index (χ2n) is 6.00. The molecule has 6 nitrogen and oxygen atoms in total. The molecule has 0 radical (unpaired) electrons. The molecule has 8 heteroatoms. The van der Waals surface area contributed by atoms with Crippen LogP contribution in [0.1, 0.15) is 30.7 Å². The Morgan fingerprint density at radius 1 is 1.32 bits per heavy atom. The van der Waals surface area contributed by atoms with E-state index in [1.807, 2.05) is 17.5 Å². The van der Waals surface area contributed by atoms with E-state index >= 15 is 0 Å². The highest BCUT2D eigenvalue weighted by atomic mass is 32.2. The van der Waals surface area contributed by atoms with Crippen LogP contribution in [0.2, 0.25) is 0 Å². The molecule has 1 aliphatic rings. The molecule has 134 valence electrons. The van der Waals surface area contributed by atoms with Crippen LogP contribution in [0.4, 0.5) is 5.69 Å². The number of amides is 1. The molecular formula is C17H20N2O4S2. The lowest BCUT2D eigenvalue weighted by atomic mass is 10.2. The lowest BCUT2D eigenvalue weighted by Gasteiger charge is -2.18. The summed E-state index contributed by atoms with van der Waals surface area (Å²) in [6.07, 6.45) is 2.04. The first-order valence-electron chi connectivity index (χ1n) is 7.92. The Hall–Kier alpha value is -1.90. The van der Waals surface area contributed by atoms with Gasteiger partial charge in [0.15, 0.2) is 0 Å². The second-order valence-corrected chi connectivity index (χ2v) is 8.69. The van der Waals surface area contributed by atoms with Gasteiger partial charge in [0.05, 0.1) is 23.7 Å². The molecule has 0 aliphatic heterocycles. The predicted octanol–water partition coefficient (Wildman–Crippen LogP) is 3.14. The van der Waals surface area contributed by atoms with E-state index in [9.17, 15) is 13.2 Å². The van der Waals surface area contributed by atoms with E-state index in [4.69, 9.17) is 4.74 Å². The van der Waals surface area contributed by atoms with Crippen molar-refractivity contribution in [3.8, 4) is 5.75 Å². The fraction of sp³-hybridized carbons (Fsp3) is 0.353. The summed E-state index contributed by atoms with van der Waals surface area (Å²) in [5, 5.41) is 4.54. The van der Waals surface area contributed by atoms with Gasteiger partial charge < -0.3 is 10.1 Å². The van der Waals surface area contributed by atoms with E-state index in [0.29, 0.717) is 17.4 Å². The van der Waals surface area contributed by atoms with Gasteiger partial charge in [-0.05, 0) is 48.4 Å². The number of hydrogen-bond acceptors (Lipinski definition) is 5. The molecular weight excluding hydrogens is 360 g/mol. The number of sulfonamides is 1. The zero-order valence-corrected chi connectivity index (χ0v) is 15.6. The van der Waals surface area contributed by atoms with Gasteiger partial charge in [-0.3, -0.25) is 4.79 Å². The molecule has 1 amide bonds. The highest BCUT2D eigenvalue weighted by Gasteiger charge is 2.36. The summed E-state index contributed by atoms with van der Waals surface area (Å²) in [6.45, 7) is 1.36. The molecule has 2 N–H and O–H groups in total. The molecule has 2 aromatic rings. The molecule has 1 aliphatic carbocycles. The van der Waals surface area contributed by atoms with Gasteiger partial charge in [0.25, 0.3) is 0 Å². The van der Waals surface area contributed by atoms with Crippen LogP contribution >= 0.6 is 11.3 Å². The number of thiophene rings is 1. The summed E-state index contributed by atoms with van der Waals surface area (Å²) in [4.78, 5) is 12.5. The van der Waals surface area contributed by atoms with Gasteiger partial charge in [0.1, 0.15) is 5.75 Å². The molecule has 1 saturated carbocycles. The topological polar surface area (TPSA) is 84.5 Å². The number of hydrogen-bond donors (Lipinski definition) is 2. The van der Waals surface area contributed by atoms with Gasteiger partial charge in [0, 0.05) is 11.8 Å². The molecule has 1 heterocycles. The van der Waals surface area contributed by atoms with Crippen LogP contribution in [0.15, 0.2) is 40.6 Å². The Morgan fingerprint density at radius 2 is 2.08 bits per heavy atom. The van der Waals surface area contributed by atoms with E-state index in [2.05, 4.69) is 10.0 Å². The standard InChI is InChI=1S/C17H20N2O4S2/c1-11(20)18-14-10-13(7-8-15(14)23-2)25(21,22)19-17(12-5-6-12)16-4-3-9-24-16/h3-4,7-10,12,17,19H,5-6H2,1-2H3,(H,18,20)/t17-/m0/s1. The monoisotopic (exact) mass is 380 g/mol. The first-order chi connectivity index (χ1) is 11.9. The van der Waals surface area contributed by atoms with Crippen molar-refractivity contribution in [2.24, 2.45) is 5.92 Å². The van der Waals surface area contributed by atoms with E-state index in [1.54, 1.807) is 11.3 Å². The normalized spacial score (nSPS) is 15.6. The van der Waals surface area contributed by atoms with Crippen LogP contribution in [0.5, 0.6) is 5.75 Å². The highest BCUT2D eigenvalue weighted by molar-refractivity contribution is 7.89. The Bertz CT molecular complexity index is 859. The lowest BCUT2D eigenvalue weighted by Crippen LogP contribution is -2.29. The fourth-order valence-electron chi connectivity index (χ4n) is 2.66. The summed E-state index contributed by atoms with van der Waals surface area (Å²) in [5.74, 6) is 0.447. The number of benzene rings is 1. The van der Waals surface area contributed by atoms with Crippen LogP contribution in [0, 0.1) is 5.92 Å². The average Bonchev–Trinajstić information content (AvgIpc) is 3.26. The van der Waals surface area contributed by atoms with Gasteiger partial charge in [-0.15, -0.1) is 11.3 Å². The van der Waals surface area contributed by atoms with Crippen LogP contribution in [-0.2, 0) is 14.8 Å². The summed E-state index contributed by atoms with van der Waals surface area (Å²) < 4.78 is 33.7. The highest BCUT2D eigenvalue weighted by Crippen LogP contribution is 2.43. The van der Waals surface area contributed by atoms with Gasteiger partial charge >= 0.3 is 0 Å². The van der Waals surface area contributed by atoms with Crippen molar-refractivity contribution in [3.05, 3.63) is 40.6 Å². The van der Waals surface area contributed by atoms with Gasteiger partial charge in [0.2, 0.25) is 15.9 Å². The maximum atomic E-state index is 12.8. The summed E-state index contributed by atoms with van der Waals surface area (Å²) in [7, 11) is -2.26. The van der Waals surface area contributed by atoms with Gasteiger partial charge in [-0.25, -0.2) is 13.1 Å². The van der Waals surface area contributed by atoms with E-state index in [0.717, 1.165) is 17.7 Å². The Labute approximate surface area is 151 Å². The molecule has 0 saturated heterocycles. The number of rotatable bonds is 7. The number of anilines is 1. The largest absolute Gasteiger partial charge is 0.495 e. The smallest absolute Gasteiger partial charge is 0.241 e. The van der Waals surface area contributed by atoms with Crippen LogP contribution in [-0.4, -0.2) is 21.4 Å². The summed E-state index contributed by atoms with van der Waals surface area (Å²) >= 11 is 1.55. The first kappa shape index (κ1) is 17.9. The first-order valence-corrected chi connectivity index (χ1v) is 10.3. The number of methoxy groups -OCH3 is 1. The number of nitrogens with one attached hydrogen (secondary N) is 2. The van der Waals surface area contributed by atoms with Crippen LogP contribution < -0.4 is 14.8 Å². The van der Waals surface area contributed by atoms with Crippen LogP contribution in [0.3, 0.4) is 0 Å². The Balaban J connectivity index is 1.90. The fourth-order valence-corrected chi connectivity index (χ4v) is 4.92. The number of carbonyl (C=O) groups excluding carboxylic acids is 1. The molecule has 0 bridgehead atoms. The molecule has 0 unspecified atom stereocenters. The zero-order valence-electron chi connectivity index (χ0n) is 14.0. The maximum Gasteiger partial charge on any atom is 0.241 e.